The number of hydrogen-bond donors (Lipinski definition) is 1. The van der Waals surface area contributed by atoms with E-state index in [1.165, 1.54) is 16.7 Å². The summed E-state index contributed by atoms with van der Waals surface area (Å²) in [5.41, 5.74) is 6.82. The van der Waals surface area contributed by atoms with Crippen LogP contribution in [0.5, 0.6) is 0 Å². The summed E-state index contributed by atoms with van der Waals surface area (Å²) in [6.45, 7) is 6.11. The van der Waals surface area contributed by atoms with Crippen LogP contribution in [-0.2, 0) is 0 Å². The first kappa shape index (κ1) is 18.7. The zero-order chi connectivity index (χ0) is 19.1. The molecule has 0 radical (unpaired) electrons. The van der Waals surface area contributed by atoms with Gasteiger partial charge in [0.1, 0.15) is 6.17 Å². The van der Waals surface area contributed by atoms with Crippen LogP contribution in [0, 0.1) is 6.92 Å². The van der Waals surface area contributed by atoms with E-state index in [2.05, 4.69) is 91.1 Å². The Kier molecular flexibility index (Phi) is 6.22. The lowest BCUT2D eigenvalue weighted by atomic mass is 10.0. The van der Waals surface area contributed by atoms with Gasteiger partial charge in [0.15, 0.2) is 0 Å². The molecule has 136 valence electrons. The molecule has 0 amide bonds. The van der Waals surface area contributed by atoms with Crippen molar-refractivity contribution in [3.8, 4) is 0 Å². The summed E-state index contributed by atoms with van der Waals surface area (Å²) in [6, 6.07) is 29.3. The minimum absolute atomic E-state index is 0.0877. The zero-order valence-corrected chi connectivity index (χ0v) is 16.2. The first-order chi connectivity index (χ1) is 13.3. The number of nitrogens with one attached hydrogen (secondary N) is 1. The van der Waals surface area contributed by atoms with Gasteiger partial charge in [-0.1, -0.05) is 104 Å². The fourth-order valence-corrected chi connectivity index (χ4v) is 3.08. The molecule has 0 saturated heterocycles. The molecule has 0 spiro atoms. The lowest BCUT2D eigenvalue weighted by Crippen LogP contribution is -2.24. The smallest absolute Gasteiger partial charge is 0.145 e. The lowest BCUT2D eigenvalue weighted by molar-refractivity contribution is 0.663. The molecule has 2 nitrogen and oxygen atoms in total. The van der Waals surface area contributed by atoms with Gasteiger partial charge in [0.2, 0.25) is 0 Å². The van der Waals surface area contributed by atoms with Gasteiger partial charge in [0, 0.05) is 5.70 Å². The van der Waals surface area contributed by atoms with Gasteiger partial charge in [0.25, 0.3) is 0 Å². The van der Waals surface area contributed by atoms with Crippen molar-refractivity contribution in [3.05, 3.63) is 113 Å². The quantitative estimate of drug-likeness (QED) is 0.599. The van der Waals surface area contributed by atoms with Gasteiger partial charge in [-0.2, -0.15) is 0 Å². The van der Waals surface area contributed by atoms with Crippen LogP contribution in [0.25, 0.3) is 5.70 Å². The predicted octanol–water partition coefficient (Wildman–Crippen LogP) is 6.15. The van der Waals surface area contributed by atoms with E-state index in [0.717, 1.165) is 17.0 Å². The van der Waals surface area contributed by atoms with E-state index >= 15 is 0 Å². The Morgan fingerprint density at radius 2 is 1.37 bits per heavy atom. The fourth-order valence-electron chi connectivity index (χ4n) is 3.08. The highest BCUT2D eigenvalue weighted by Crippen LogP contribution is 2.26. The van der Waals surface area contributed by atoms with E-state index in [-0.39, 0.29) is 6.17 Å². The van der Waals surface area contributed by atoms with Crippen molar-refractivity contribution in [1.82, 2.24) is 5.32 Å². The molecule has 0 aliphatic carbocycles. The van der Waals surface area contributed by atoms with E-state index in [4.69, 9.17) is 4.99 Å². The molecule has 0 saturated carbocycles. The monoisotopic (exact) mass is 354 g/mol. The topological polar surface area (TPSA) is 24.4 Å². The third-order valence-electron chi connectivity index (χ3n) is 4.35. The normalized spacial score (nSPS) is 15.6. The summed E-state index contributed by atoms with van der Waals surface area (Å²) < 4.78 is 0. The van der Waals surface area contributed by atoms with Gasteiger partial charge in [-0.3, -0.25) is 4.99 Å². The summed E-state index contributed by atoms with van der Waals surface area (Å²) >= 11 is 0. The van der Waals surface area contributed by atoms with Crippen LogP contribution in [-0.4, -0.2) is 5.71 Å². The van der Waals surface area contributed by atoms with E-state index in [1.54, 1.807) is 0 Å². The molecule has 0 bridgehead atoms. The van der Waals surface area contributed by atoms with Gasteiger partial charge in [-0.25, -0.2) is 0 Å². The Morgan fingerprint density at radius 3 is 2.00 bits per heavy atom. The van der Waals surface area contributed by atoms with Crippen molar-refractivity contribution in [2.45, 2.75) is 26.9 Å². The van der Waals surface area contributed by atoms with Crippen molar-refractivity contribution < 1.29 is 0 Å². The van der Waals surface area contributed by atoms with Crippen LogP contribution < -0.4 is 5.32 Å². The second kappa shape index (κ2) is 9.00. The van der Waals surface area contributed by atoms with Gasteiger partial charge in [-0.15, -0.1) is 0 Å². The average molecular weight is 354 g/mol. The van der Waals surface area contributed by atoms with Gasteiger partial charge >= 0.3 is 0 Å². The van der Waals surface area contributed by atoms with E-state index < -0.39 is 0 Å². The highest BCUT2D eigenvalue weighted by Gasteiger charge is 2.19. The number of aryl methyl sites for hydroxylation is 1. The molecule has 0 aromatic heterocycles. The van der Waals surface area contributed by atoms with Crippen molar-refractivity contribution in [3.63, 3.8) is 0 Å². The molecular weight excluding hydrogens is 328 g/mol. The van der Waals surface area contributed by atoms with Gasteiger partial charge in [0.05, 0.1) is 5.71 Å². The van der Waals surface area contributed by atoms with Crippen molar-refractivity contribution in [1.29, 1.82) is 0 Å². The van der Waals surface area contributed by atoms with Crippen molar-refractivity contribution >= 4 is 11.4 Å². The molecule has 1 atom stereocenters. The Morgan fingerprint density at radius 1 is 0.741 bits per heavy atom. The molecule has 1 unspecified atom stereocenters. The highest BCUT2D eigenvalue weighted by molar-refractivity contribution is 6.13. The van der Waals surface area contributed by atoms with Crippen LogP contribution >= 0.6 is 0 Å². The lowest BCUT2D eigenvalue weighted by Gasteiger charge is -2.25. The summed E-state index contributed by atoms with van der Waals surface area (Å²) in [5.74, 6) is 0. The second-order valence-electron chi connectivity index (χ2n) is 6.27. The number of rotatable bonds is 3. The first-order valence-electron chi connectivity index (χ1n) is 9.53. The molecule has 2 heteroatoms. The Bertz CT molecular complexity index is 925. The zero-order valence-electron chi connectivity index (χ0n) is 16.2. The number of aliphatic imine (C=N–C) groups is 1. The van der Waals surface area contributed by atoms with Gasteiger partial charge in [-0.05, 0) is 29.7 Å². The van der Waals surface area contributed by atoms with Gasteiger partial charge < -0.3 is 5.32 Å². The molecule has 1 aliphatic rings. The molecule has 1 heterocycles. The maximum atomic E-state index is 4.97. The Balaban J connectivity index is 0.00000102. The van der Waals surface area contributed by atoms with Crippen LogP contribution in [0.4, 0.5) is 0 Å². The van der Waals surface area contributed by atoms with E-state index in [0.29, 0.717) is 0 Å². The second-order valence-corrected chi connectivity index (χ2v) is 6.27. The molecule has 4 rings (SSSR count). The number of hydrogen-bond acceptors (Lipinski definition) is 2. The molecule has 27 heavy (non-hydrogen) atoms. The largest absolute Gasteiger partial charge is 0.360 e. The molecule has 1 aliphatic heterocycles. The maximum Gasteiger partial charge on any atom is 0.145 e. The standard InChI is InChI=1S/C23H20N2.C2H6/c1-17-9-8-14-20(15-17)23-24-21(18-10-4-2-5-11-18)16-22(25-23)19-12-6-3-7-13-19;1-2/h2-16,23-24H,1H3;1-2H3. The maximum absolute atomic E-state index is 4.97. The van der Waals surface area contributed by atoms with Crippen LogP contribution in [0.3, 0.4) is 0 Å². The summed E-state index contributed by atoms with van der Waals surface area (Å²) in [5, 5.41) is 3.59. The van der Waals surface area contributed by atoms with Crippen LogP contribution in [0.1, 0.15) is 42.3 Å². The van der Waals surface area contributed by atoms with Crippen molar-refractivity contribution in [2.24, 2.45) is 4.99 Å². The number of allylic oxidation sites excluding steroid dienone is 1. The van der Waals surface area contributed by atoms with Crippen LogP contribution in [0.15, 0.2) is 96.0 Å². The summed E-state index contributed by atoms with van der Waals surface area (Å²) in [6.07, 6.45) is 2.05. The molecular formula is C25H26N2. The minimum Gasteiger partial charge on any atom is -0.360 e. The SMILES string of the molecule is CC.Cc1cccc(C2N=C(c3ccccc3)C=C(c3ccccc3)N2)c1. The number of benzene rings is 3. The molecule has 3 aromatic rings. The van der Waals surface area contributed by atoms with E-state index in [1.807, 2.05) is 26.0 Å². The molecule has 1 N–H and O–H groups in total. The fraction of sp³-hybridized carbons (Fsp3) is 0.160. The van der Waals surface area contributed by atoms with Crippen molar-refractivity contribution in [2.75, 3.05) is 0 Å². The highest BCUT2D eigenvalue weighted by atomic mass is 15.1. The van der Waals surface area contributed by atoms with Crippen LogP contribution in [0.2, 0.25) is 0 Å². The van der Waals surface area contributed by atoms with E-state index in [9.17, 15) is 0 Å². The Hall–Kier alpha value is -3.13. The summed E-state index contributed by atoms with van der Waals surface area (Å²) in [4.78, 5) is 4.97. The molecule has 0 fully saturated rings. The summed E-state index contributed by atoms with van der Waals surface area (Å²) in [7, 11) is 0. The molecule has 3 aromatic carbocycles. The predicted molar refractivity (Wildman–Crippen MR) is 116 cm³/mol. The third-order valence-corrected chi connectivity index (χ3v) is 4.35. The average Bonchev–Trinajstić information content (AvgIpc) is 2.76. The number of nitrogens with zero attached hydrogens (tertiary/aromatic N) is 1. The Labute approximate surface area is 162 Å². The first-order valence-corrected chi connectivity index (χ1v) is 9.53. The minimum atomic E-state index is -0.0877. The third kappa shape index (κ3) is 4.53.